The molecule has 3 rings (SSSR count). The van der Waals surface area contributed by atoms with Crippen molar-refractivity contribution < 1.29 is 14.3 Å². The lowest BCUT2D eigenvalue weighted by molar-refractivity contribution is 0.0519. The van der Waals surface area contributed by atoms with Crippen LogP contribution in [0.5, 0.6) is 5.75 Å². The number of aromatic nitrogens is 2. The number of esters is 1. The van der Waals surface area contributed by atoms with Gasteiger partial charge in [0.2, 0.25) is 0 Å². The fourth-order valence-electron chi connectivity index (χ4n) is 2.67. The maximum atomic E-state index is 11.9. The van der Waals surface area contributed by atoms with E-state index >= 15 is 0 Å². The van der Waals surface area contributed by atoms with Crippen molar-refractivity contribution in [1.29, 1.82) is 0 Å². The number of ether oxygens (including phenoxy) is 2. The molecule has 2 aromatic heterocycles. The topological polar surface area (TPSA) is 53.4 Å². The van der Waals surface area contributed by atoms with Crippen molar-refractivity contribution in [2.75, 3.05) is 6.61 Å². The van der Waals surface area contributed by atoms with Crippen LogP contribution in [0.3, 0.4) is 0 Å². The number of hydrogen-bond donors (Lipinski definition) is 0. The van der Waals surface area contributed by atoms with Crippen LogP contribution >= 0.6 is 11.6 Å². The second-order valence-electron chi connectivity index (χ2n) is 5.47. The molecule has 0 aliphatic heterocycles. The highest BCUT2D eigenvalue weighted by molar-refractivity contribution is 6.32. The van der Waals surface area contributed by atoms with E-state index in [1.807, 2.05) is 31.3 Å². The number of fused-ring (bicyclic) bond motifs is 1. The molecule has 0 bridgehead atoms. The number of carbonyl (C=O) groups is 1. The molecule has 0 atom stereocenters. The van der Waals surface area contributed by atoms with Gasteiger partial charge in [-0.1, -0.05) is 23.7 Å². The highest BCUT2D eigenvalue weighted by Gasteiger charge is 2.14. The summed E-state index contributed by atoms with van der Waals surface area (Å²) >= 11 is 6.13. The third kappa shape index (κ3) is 3.61. The van der Waals surface area contributed by atoms with Crippen LogP contribution in [-0.4, -0.2) is 22.1 Å². The first-order valence-corrected chi connectivity index (χ1v) is 8.54. The minimum Gasteiger partial charge on any atom is -0.487 e. The molecular weight excluding hydrogens is 340 g/mol. The van der Waals surface area contributed by atoms with Crippen molar-refractivity contribution in [1.82, 2.24) is 9.55 Å². The van der Waals surface area contributed by atoms with E-state index in [-0.39, 0.29) is 0 Å². The first kappa shape index (κ1) is 17.3. The summed E-state index contributed by atoms with van der Waals surface area (Å²) in [6, 6.07) is 9.12. The van der Waals surface area contributed by atoms with E-state index in [4.69, 9.17) is 21.1 Å². The van der Waals surface area contributed by atoms with E-state index in [1.165, 1.54) is 0 Å². The molecule has 0 spiro atoms. The maximum absolute atomic E-state index is 11.9. The van der Waals surface area contributed by atoms with Gasteiger partial charge in [-0.2, -0.15) is 0 Å². The quantitative estimate of drug-likeness (QED) is 0.610. The molecule has 0 radical (unpaired) electrons. The third-order valence-electron chi connectivity index (χ3n) is 3.89. The molecular formula is C19H19ClN2O3. The monoisotopic (exact) mass is 358 g/mol. The van der Waals surface area contributed by atoms with Gasteiger partial charge in [0.15, 0.2) is 0 Å². The number of rotatable bonds is 6. The maximum Gasteiger partial charge on any atom is 0.356 e. The molecule has 0 aliphatic carbocycles. The molecule has 0 fully saturated rings. The van der Waals surface area contributed by atoms with Gasteiger partial charge in [-0.05, 0) is 32.0 Å². The van der Waals surface area contributed by atoms with Crippen LogP contribution in [0.4, 0.5) is 0 Å². The van der Waals surface area contributed by atoms with E-state index in [9.17, 15) is 4.79 Å². The van der Waals surface area contributed by atoms with Gasteiger partial charge >= 0.3 is 5.97 Å². The van der Waals surface area contributed by atoms with Crippen molar-refractivity contribution in [3.8, 4) is 5.75 Å². The minimum atomic E-state index is -0.415. The predicted octanol–water partition coefficient (Wildman–Crippen LogP) is 4.47. The van der Waals surface area contributed by atoms with Crippen molar-refractivity contribution >= 4 is 28.5 Å². The smallest absolute Gasteiger partial charge is 0.356 e. The van der Waals surface area contributed by atoms with Gasteiger partial charge in [0.25, 0.3) is 0 Å². The largest absolute Gasteiger partial charge is 0.487 e. The molecule has 0 saturated carbocycles. The summed E-state index contributed by atoms with van der Waals surface area (Å²) in [4.78, 5) is 16.1. The third-order valence-corrected chi connectivity index (χ3v) is 4.21. The number of halogens is 1. The van der Waals surface area contributed by atoms with Crippen LogP contribution in [0.15, 0.2) is 42.7 Å². The second kappa shape index (κ2) is 7.57. The Morgan fingerprint density at radius 3 is 2.80 bits per heavy atom. The summed E-state index contributed by atoms with van der Waals surface area (Å²) < 4.78 is 12.9. The van der Waals surface area contributed by atoms with Crippen molar-refractivity contribution in [3.05, 3.63) is 59.0 Å². The van der Waals surface area contributed by atoms with Gasteiger partial charge < -0.3 is 14.0 Å². The molecule has 5 nitrogen and oxygen atoms in total. The summed E-state index contributed by atoms with van der Waals surface area (Å²) in [5, 5.41) is 1.52. The highest BCUT2D eigenvalue weighted by atomic mass is 35.5. The Bertz CT molecular complexity index is 905. The van der Waals surface area contributed by atoms with E-state index in [1.54, 1.807) is 25.3 Å². The molecule has 0 aliphatic rings. The zero-order valence-corrected chi connectivity index (χ0v) is 14.9. The standard InChI is InChI=1S/C19H19ClN2O3/c1-3-22-11-13(12-25-18-8-6-5-7-15(18)20)14-10-21-16(9-17(14)22)19(23)24-4-2/h5-11H,3-4,12H2,1-2H3. The van der Waals surface area contributed by atoms with Crippen molar-refractivity contribution in [2.45, 2.75) is 27.0 Å². The number of carbonyl (C=O) groups excluding carboxylic acids is 1. The average molecular weight is 359 g/mol. The lowest BCUT2D eigenvalue weighted by Crippen LogP contribution is -2.07. The molecule has 0 saturated heterocycles. The number of hydrogen-bond acceptors (Lipinski definition) is 4. The Balaban J connectivity index is 1.91. The van der Waals surface area contributed by atoms with Gasteiger partial charge in [0.1, 0.15) is 18.1 Å². The number of pyridine rings is 1. The Morgan fingerprint density at radius 1 is 1.28 bits per heavy atom. The van der Waals surface area contributed by atoms with Crippen molar-refractivity contribution in [2.24, 2.45) is 0 Å². The molecule has 130 valence electrons. The zero-order chi connectivity index (χ0) is 17.8. The predicted molar refractivity (Wildman–Crippen MR) is 97.1 cm³/mol. The van der Waals surface area contributed by atoms with E-state index < -0.39 is 5.97 Å². The number of para-hydroxylation sites is 1. The van der Waals surface area contributed by atoms with Crippen LogP contribution in [0.2, 0.25) is 5.02 Å². The van der Waals surface area contributed by atoms with Gasteiger partial charge in [0.05, 0.1) is 17.1 Å². The summed E-state index contributed by atoms with van der Waals surface area (Å²) in [7, 11) is 0. The fourth-order valence-corrected chi connectivity index (χ4v) is 2.86. The lowest BCUT2D eigenvalue weighted by Gasteiger charge is -2.07. The molecule has 2 heterocycles. The molecule has 1 aromatic carbocycles. The van der Waals surface area contributed by atoms with Crippen LogP contribution in [0.25, 0.3) is 10.9 Å². The van der Waals surface area contributed by atoms with E-state index in [0.29, 0.717) is 29.7 Å². The lowest BCUT2D eigenvalue weighted by atomic mass is 10.2. The Hall–Kier alpha value is -2.53. The first-order valence-electron chi connectivity index (χ1n) is 8.16. The zero-order valence-electron chi connectivity index (χ0n) is 14.2. The SMILES string of the molecule is CCOC(=O)c1cc2c(cn1)c(COc1ccccc1Cl)cn2CC. The summed E-state index contributed by atoms with van der Waals surface area (Å²) in [5.41, 5.74) is 2.22. The number of aryl methyl sites for hydroxylation is 1. The van der Waals surface area contributed by atoms with E-state index in [0.717, 1.165) is 23.0 Å². The minimum absolute atomic E-state index is 0.306. The van der Waals surface area contributed by atoms with Gasteiger partial charge in [-0.3, -0.25) is 0 Å². The summed E-state index contributed by atoms with van der Waals surface area (Å²) in [6.45, 7) is 5.28. The van der Waals surface area contributed by atoms with Crippen molar-refractivity contribution in [3.63, 3.8) is 0 Å². The number of nitrogens with zero attached hydrogens (tertiary/aromatic N) is 2. The Labute approximate surface area is 151 Å². The van der Waals surface area contributed by atoms with Crippen LogP contribution in [0.1, 0.15) is 29.9 Å². The number of benzene rings is 1. The highest BCUT2D eigenvalue weighted by Crippen LogP contribution is 2.27. The summed E-state index contributed by atoms with van der Waals surface area (Å²) in [6.07, 6.45) is 3.71. The van der Waals surface area contributed by atoms with Crippen LogP contribution < -0.4 is 4.74 Å². The normalized spacial score (nSPS) is 10.8. The fraction of sp³-hybridized carbons (Fsp3) is 0.263. The van der Waals surface area contributed by atoms with Crippen LogP contribution in [-0.2, 0) is 17.9 Å². The Kier molecular flexibility index (Phi) is 5.24. The molecule has 0 N–H and O–H groups in total. The molecule has 6 heteroatoms. The van der Waals surface area contributed by atoms with Crippen LogP contribution in [0, 0.1) is 0 Å². The average Bonchev–Trinajstić information content (AvgIpc) is 2.98. The summed E-state index contributed by atoms with van der Waals surface area (Å²) in [5.74, 6) is 0.222. The van der Waals surface area contributed by atoms with Gasteiger partial charge in [-0.15, -0.1) is 0 Å². The van der Waals surface area contributed by atoms with Gasteiger partial charge in [-0.25, -0.2) is 9.78 Å². The Morgan fingerprint density at radius 2 is 2.08 bits per heavy atom. The van der Waals surface area contributed by atoms with Gasteiger partial charge in [0, 0.05) is 29.9 Å². The van der Waals surface area contributed by atoms with E-state index in [2.05, 4.69) is 9.55 Å². The molecule has 0 unspecified atom stereocenters. The molecule has 0 amide bonds. The second-order valence-corrected chi connectivity index (χ2v) is 5.87. The molecule has 3 aromatic rings. The first-order chi connectivity index (χ1) is 12.1. The molecule has 25 heavy (non-hydrogen) atoms.